The number of anilines is 1. The Labute approximate surface area is 198 Å². The summed E-state index contributed by atoms with van der Waals surface area (Å²) in [5, 5.41) is 6.79. The first kappa shape index (κ1) is 21.5. The summed E-state index contributed by atoms with van der Waals surface area (Å²) in [6, 6.07) is 19.2. The number of ether oxygens (including phenoxy) is 1. The van der Waals surface area contributed by atoms with Crippen molar-refractivity contribution in [2.24, 2.45) is 0 Å². The van der Waals surface area contributed by atoms with Crippen molar-refractivity contribution in [3.8, 4) is 5.75 Å². The fourth-order valence-electron chi connectivity index (χ4n) is 4.56. The second kappa shape index (κ2) is 8.23. The minimum atomic E-state index is -0.594. The molecule has 1 fully saturated rings. The number of carbonyl (C=O) groups is 2. The van der Waals surface area contributed by atoms with Gasteiger partial charge in [0.25, 0.3) is 5.91 Å². The van der Waals surface area contributed by atoms with Gasteiger partial charge in [-0.15, -0.1) is 0 Å². The average molecular weight is 461 g/mol. The second-order valence-electron chi connectivity index (χ2n) is 8.95. The molecular formula is C27H25ClN2O3. The molecule has 2 aliphatic rings. The van der Waals surface area contributed by atoms with Gasteiger partial charge in [0.1, 0.15) is 5.75 Å². The molecule has 3 aromatic rings. The highest BCUT2D eigenvalue weighted by molar-refractivity contribution is 6.30. The number of aryl methyl sites for hydroxylation is 2. The molecule has 5 nitrogen and oxygen atoms in total. The van der Waals surface area contributed by atoms with Gasteiger partial charge in [-0.05, 0) is 73.2 Å². The zero-order valence-corrected chi connectivity index (χ0v) is 19.3. The van der Waals surface area contributed by atoms with E-state index in [4.69, 9.17) is 16.3 Å². The van der Waals surface area contributed by atoms with Gasteiger partial charge in [-0.25, -0.2) is 0 Å². The number of nitrogens with one attached hydrogen (secondary N) is 2. The van der Waals surface area contributed by atoms with Gasteiger partial charge in [0.05, 0.1) is 17.1 Å². The molecule has 2 N–H and O–H groups in total. The first-order valence-corrected chi connectivity index (χ1v) is 11.4. The fourth-order valence-corrected chi connectivity index (χ4v) is 4.68. The van der Waals surface area contributed by atoms with Crippen molar-refractivity contribution in [1.82, 2.24) is 5.32 Å². The zero-order chi connectivity index (χ0) is 23.2. The lowest BCUT2D eigenvalue weighted by molar-refractivity contribution is -0.124. The third-order valence-corrected chi connectivity index (χ3v) is 6.82. The molecule has 168 valence electrons. The lowest BCUT2D eigenvalue weighted by Crippen LogP contribution is -2.38. The summed E-state index contributed by atoms with van der Waals surface area (Å²) in [5.41, 5.74) is 5.29. The molecule has 2 amide bonds. The molecule has 1 aliphatic carbocycles. The summed E-state index contributed by atoms with van der Waals surface area (Å²) in [6.45, 7) is 4.12. The molecule has 1 unspecified atom stereocenters. The fraction of sp³-hybridized carbons (Fsp3) is 0.259. The molecule has 1 atom stereocenters. The van der Waals surface area contributed by atoms with Crippen LogP contribution in [0.4, 0.5) is 5.69 Å². The Morgan fingerprint density at radius 2 is 1.82 bits per heavy atom. The molecule has 6 heteroatoms. The lowest BCUT2D eigenvalue weighted by Gasteiger charge is -2.26. The van der Waals surface area contributed by atoms with E-state index in [1.165, 1.54) is 5.56 Å². The Kier molecular flexibility index (Phi) is 5.37. The van der Waals surface area contributed by atoms with E-state index < -0.39 is 5.41 Å². The van der Waals surface area contributed by atoms with E-state index in [-0.39, 0.29) is 24.5 Å². The van der Waals surface area contributed by atoms with Crippen LogP contribution in [0.5, 0.6) is 5.75 Å². The Morgan fingerprint density at radius 3 is 2.52 bits per heavy atom. The second-order valence-corrected chi connectivity index (χ2v) is 9.38. The van der Waals surface area contributed by atoms with E-state index in [9.17, 15) is 9.59 Å². The maximum Gasteiger partial charge on any atom is 0.262 e. The van der Waals surface area contributed by atoms with E-state index in [0.29, 0.717) is 16.5 Å². The highest BCUT2D eigenvalue weighted by Gasteiger charge is 2.52. The lowest BCUT2D eigenvalue weighted by atomic mass is 9.90. The molecule has 0 aromatic heterocycles. The Balaban J connectivity index is 1.47. The molecule has 1 saturated carbocycles. The molecule has 5 rings (SSSR count). The van der Waals surface area contributed by atoms with Crippen LogP contribution in [0.1, 0.15) is 46.7 Å². The number of rotatable bonds is 5. The van der Waals surface area contributed by atoms with Crippen LogP contribution in [0.2, 0.25) is 5.02 Å². The van der Waals surface area contributed by atoms with Crippen LogP contribution in [0.15, 0.2) is 60.7 Å². The molecule has 1 heterocycles. The summed E-state index contributed by atoms with van der Waals surface area (Å²) in [5.74, 6) is 0.422. The predicted molar refractivity (Wildman–Crippen MR) is 129 cm³/mol. The largest absolute Gasteiger partial charge is 0.482 e. The van der Waals surface area contributed by atoms with Crippen LogP contribution >= 0.6 is 11.6 Å². The molecular weight excluding hydrogens is 436 g/mol. The Morgan fingerprint density at radius 1 is 1.06 bits per heavy atom. The van der Waals surface area contributed by atoms with Crippen LogP contribution in [0, 0.1) is 13.8 Å². The minimum absolute atomic E-state index is 0.0118. The first-order valence-electron chi connectivity index (χ1n) is 11.1. The quantitative estimate of drug-likeness (QED) is 0.548. The molecule has 0 bridgehead atoms. The third kappa shape index (κ3) is 4.09. The zero-order valence-electron chi connectivity index (χ0n) is 18.6. The van der Waals surface area contributed by atoms with Gasteiger partial charge in [-0.2, -0.15) is 0 Å². The van der Waals surface area contributed by atoms with Crippen molar-refractivity contribution in [1.29, 1.82) is 0 Å². The van der Waals surface area contributed by atoms with Crippen LogP contribution in [-0.2, 0) is 15.0 Å². The van der Waals surface area contributed by atoms with Crippen LogP contribution in [0.25, 0.3) is 0 Å². The SMILES string of the molecule is Cc1ccc(C(NC(=O)C2(c3ccc4c(c3)OCC(=O)N4)CC2)c2ccc(Cl)cc2)c(C)c1. The highest BCUT2D eigenvalue weighted by atomic mass is 35.5. The number of hydrogen-bond acceptors (Lipinski definition) is 3. The van der Waals surface area contributed by atoms with E-state index >= 15 is 0 Å². The van der Waals surface area contributed by atoms with Gasteiger partial charge in [0.15, 0.2) is 6.61 Å². The maximum absolute atomic E-state index is 13.7. The van der Waals surface area contributed by atoms with Crippen molar-refractivity contribution in [2.45, 2.75) is 38.1 Å². The Hall–Kier alpha value is -3.31. The summed E-state index contributed by atoms with van der Waals surface area (Å²) >= 11 is 6.12. The number of carbonyl (C=O) groups excluding carboxylic acids is 2. The van der Waals surface area contributed by atoms with Gasteiger partial charge >= 0.3 is 0 Å². The molecule has 33 heavy (non-hydrogen) atoms. The number of halogens is 1. The van der Waals surface area contributed by atoms with E-state index in [0.717, 1.165) is 35.1 Å². The topological polar surface area (TPSA) is 67.4 Å². The van der Waals surface area contributed by atoms with Gasteiger partial charge in [0, 0.05) is 5.02 Å². The highest BCUT2D eigenvalue weighted by Crippen LogP contribution is 2.50. The van der Waals surface area contributed by atoms with Gasteiger partial charge in [-0.1, -0.05) is 53.6 Å². The molecule has 0 saturated heterocycles. The normalized spacial score (nSPS) is 16.8. The van der Waals surface area contributed by atoms with Crippen molar-refractivity contribution >= 4 is 29.1 Å². The average Bonchev–Trinajstić information content (AvgIpc) is 3.60. The molecule has 0 spiro atoms. The van der Waals surface area contributed by atoms with Crippen LogP contribution in [-0.4, -0.2) is 18.4 Å². The van der Waals surface area contributed by atoms with Crippen molar-refractivity contribution in [3.63, 3.8) is 0 Å². The van der Waals surface area contributed by atoms with Crippen LogP contribution in [0.3, 0.4) is 0 Å². The van der Waals surface area contributed by atoms with E-state index in [1.54, 1.807) is 0 Å². The first-order chi connectivity index (χ1) is 15.9. The maximum atomic E-state index is 13.7. The van der Waals surface area contributed by atoms with Crippen molar-refractivity contribution < 1.29 is 14.3 Å². The van der Waals surface area contributed by atoms with Crippen LogP contribution < -0.4 is 15.4 Å². The summed E-state index contributed by atoms with van der Waals surface area (Å²) in [6.07, 6.45) is 1.54. The predicted octanol–water partition coefficient (Wildman–Crippen LogP) is 5.23. The number of benzene rings is 3. The third-order valence-electron chi connectivity index (χ3n) is 6.57. The van der Waals surface area contributed by atoms with Gasteiger partial charge in [-0.3, -0.25) is 9.59 Å². The summed E-state index contributed by atoms with van der Waals surface area (Å²) < 4.78 is 5.58. The Bertz CT molecular complexity index is 1250. The van der Waals surface area contributed by atoms with Crippen molar-refractivity contribution in [2.75, 3.05) is 11.9 Å². The van der Waals surface area contributed by atoms with Gasteiger partial charge < -0.3 is 15.4 Å². The number of amides is 2. The number of hydrogen-bond donors (Lipinski definition) is 2. The molecule has 0 radical (unpaired) electrons. The number of fused-ring (bicyclic) bond motifs is 1. The van der Waals surface area contributed by atoms with E-state index in [2.05, 4.69) is 42.7 Å². The monoisotopic (exact) mass is 460 g/mol. The molecule has 3 aromatic carbocycles. The van der Waals surface area contributed by atoms with Gasteiger partial charge in [0.2, 0.25) is 5.91 Å². The summed E-state index contributed by atoms with van der Waals surface area (Å²) in [7, 11) is 0. The minimum Gasteiger partial charge on any atom is -0.482 e. The standard InChI is InChI=1S/C27H25ClN2O3/c1-16-3-9-21(17(2)13-16)25(18-4-7-20(28)8-5-18)30-26(32)27(11-12-27)19-6-10-22-23(14-19)33-15-24(31)29-22/h3-10,13-14,25H,11-12,15H2,1-2H3,(H,29,31)(H,30,32). The van der Waals surface area contributed by atoms with E-state index in [1.807, 2.05) is 42.5 Å². The summed E-state index contributed by atoms with van der Waals surface area (Å²) in [4.78, 5) is 25.3. The molecule has 1 aliphatic heterocycles. The smallest absolute Gasteiger partial charge is 0.262 e. The van der Waals surface area contributed by atoms with Crippen molar-refractivity contribution in [3.05, 3.63) is 93.5 Å².